The smallest absolute Gasteiger partial charge is 0.318 e. The van der Waals surface area contributed by atoms with Gasteiger partial charge in [-0.3, -0.25) is 0 Å². The molecular weight excluding hydrogens is 254 g/mol. The Morgan fingerprint density at radius 3 is 2.80 bits per heavy atom. The van der Waals surface area contributed by atoms with Crippen molar-refractivity contribution in [1.82, 2.24) is 19.9 Å². The first-order valence-corrected chi connectivity index (χ1v) is 6.71. The van der Waals surface area contributed by atoms with Crippen LogP contribution in [0.5, 0.6) is 6.01 Å². The van der Waals surface area contributed by atoms with Gasteiger partial charge in [0, 0.05) is 30.7 Å². The van der Waals surface area contributed by atoms with Crippen LogP contribution in [0.1, 0.15) is 30.4 Å². The summed E-state index contributed by atoms with van der Waals surface area (Å²) in [6.07, 6.45) is 5.71. The zero-order valence-electron chi connectivity index (χ0n) is 11.7. The van der Waals surface area contributed by atoms with Crippen molar-refractivity contribution in [3.63, 3.8) is 0 Å². The minimum absolute atomic E-state index is 0.176. The molecule has 20 heavy (non-hydrogen) atoms. The quantitative estimate of drug-likeness (QED) is 0.850. The van der Waals surface area contributed by atoms with Crippen molar-refractivity contribution in [3.05, 3.63) is 36.0 Å². The van der Waals surface area contributed by atoms with Gasteiger partial charge in [0.05, 0.1) is 13.2 Å². The molecule has 1 fully saturated rings. The van der Waals surface area contributed by atoms with Crippen LogP contribution in [0.15, 0.2) is 24.5 Å². The van der Waals surface area contributed by atoms with Gasteiger partial charge in [0.25, 0.3) is 0 Å². The van der Waals surface area contributed by atoms with Gasteiger partial charge in [-0.25, -0.2) is 15.0 Å². The van der Waals surface area contributed by atoms with Crippen LogP contribution in [0.25, 0.3) is 0 Å². The van der Waals surface area contributed by atoms with Crippen molar-refractivity contribution in [3.8, 4) is 6.01 Å². The van der Waals surface area contributed by atoms with Gasteiger partial charge in [-0.15, -0.1) is 0 Å². The Hall–Kier alpha value is -2.24. The van der Waals surface area contributed by atoms with Gasteiger partial charge in [0.15, 0.2) is 5.82 Å². The van der Waals surface area contributed by atoms with E-state index in [1.807, 2.05) is 19.1 Å². The zero-order chi connectivity index (χ0) is 13.9. The predicted octanol–water partition coefficient (Wildman–Crippen LogP) is 1.93. The van der Waals surface area contributed by atoms with Crippen molar-refractivity contribution in [2.24, 2.45) is 0 Å². The SMILES string of the molecule is COc1nc(C)cc(N2CCCC2c2ncccn2)n1. The highest BCUT2D eigenvalue weighted by Gasteiger charge is 2.29. The minimum atomic E-state index is 0.176. The lowest BCUT2D eigenvalue weighted by atomic mass is 10.2. The molecule has 0 spiro atoms. The summed E-state index contributed by atoms with van der Waals surface area (Å²) in [5.74, 6) is 1.73. The highest BCUT2D eigenvalue weighted by atomic mass is 16.5. The molecular formula is C14H17N5O. The Bertz CT molecular complexity index is 589. The Labute approximate surface area is 117 Å². The van der Waals surface area contributed by atoms with Gasteiger partial charge in [-0.05, 0) is 25.8 Å². The normalized spacial score (nSPS) is 18.3. The van der Waals surface area contributed by atoms with Crippen molar-refractivity contribution >= 4 is 5.82 Å². The van der Waals surface area contributed by atoms with E-state index >= 15 is 0 Å². The lowest BCUT2D eigenvalue weighted by molar-refractivity contribution is 0.378. The van der Waals surface area contributed by atoms with Crippen LogP contribution in [0, 0.1) is 6.92 Å². The maximum Gasteiger partial charge on any atom is 0.318 e. The van der Waals surface area contributed by atoms with Crippen LogP contribution >= 0.6 is 0 Å². The predicted molar refractivity (Wildman–Crippen MR) is 74.7 cm³/mol. The number of hydrogen-bond acceptors (Lipinski definition) is 6. The lowest BCUT2D eigenvalue weighted by Crippen LogP contribution is -2.25. The summed E-state index contributed by atoms with van der Waals surface area (Å²) in [4.78, 5) is 19.7. The fourth-order valence-corrected chi connectivity index (χ4v) is 2.56. The van der Waals surface area contributed by atoms with E-state index in [2.05, 4.69) is 24.8 Å². The van der Waals surface area contributed by atoms with Gasteiger partial charge in [0.1, 0.15) is 5.82 Å². The molecule has 0 N–H and O–H groups in total. The van der Waals surface area contributed by atoms with Crippen molar-refractivity contribution in [2.45, 2.75) is 25.8 Å². The Morgan fingerprint density at radius 1 is 1.25 bits per heavy atom. The molecule has 6 nitrogen and oxygen atoms in total. The summed E-state index contributed by atoms with van der Waals surface area (Å²) in [6, 6.07) is 4.39. The standard InChI is InChI=1S/C14H17N5O/c1-10-9-12(18-14(17-10)20-2)19-8-3-5-11(19)13-15-6-4-7-16-13/h4,6-7,9,11H,3,5,8H2,1-2H3. The lowest BCUT2D eigenvalue weighted by Gasteiger charge is -2.24. The molecule has 2 aromatic rings. The minimum Gasteiger partial charge on any atom is -0.467 e. The summed E-state index contributed by atoms with van der Waals surface area (Å²) in [7, 11) is 1.58. The van der Waals surface area contributed by atoms with E-state index in [0.717, 1.165) is 36.7 Å². The summed E-state index contributed by atoms with van der Waals surface area (Å²) >= 11 is 0. The molecule has 1 saturated heterocycles. The first-order chi connectivity index (χ1) is 9.78. The second kappa shape index (κ2) is 5.40. The van der Waals surface area contributed by atoms with E-state index < -0.39 is 0 Å². The molecule has 104 valence electrons. The molecule has 0 amide bonds. The van der Waals surface area contributed by atoms with E-state index in [-0.39, 0.29) is 6.04 Å². The molecule has 0 aromatic carbocycles. The van der Waals surface area contributed by atoms with Crippen LogP contribution in [-0.2, 0) is 0 Å². The topological polar surface area (TPSA) is 64.0 Å². The highest BCUT2D eigenvalue weighted by Crippen LogP contribution is 2.33. The second-order valence-corrected chi connectivity index (χ2v) is 4.81. The molecule has 3 heterocycles. The Balaban J connectivity index is 1.94. The molecule has 1 atom stereocenters. The molecule has 0 bridgehead atoms. The monoisotopic (exact) mass is 271 g/mol. The summed E-state index contributed by atoms with van der Waals surface area (Å²) in [6.45, 7) is 2.89. The van der Waals surface area contributed by atoms with Crippen LogP contribution in [-0.4, -0.2) is 33.6 Å². The van der Waals surface area contributed by atoms with Crippen LogP contribution in [0.2, 0.25) is 0 Å². The number of rotatable bonds is 3. The molecule has 1 aliphatic heterocycles. The van der Waals surface area contributed by atoms with E-state index in [4.69, 9.17) is 4.74 Å². The summed E-state index contributed by atoms with van der Waals surface area (Å²) in [5, 5.41) is 0. The average Bonchev–Trinajstić information content (AvgIpc) is 2.97. The van der Waals surface area contributed by atoms with Crippen molar-refractivity contribution in [1.29, 1.82) is 0 Å². The molecule has 3 rings (SSSR count). The van der Waals surface area contributed by atoms with Crippen LogP contribution in [0.4, 0.5) is 5.82 Å². The first-order valence-electron chi connectivity index (χ1n) is 6.71. The molecule has 0 radical (unpaired) electrons. The Morgan fingerprint density at radius 2 is 2.05 bits per heavy atom. The number of aryl methyl sites for hydroxylation is 1. The van der Waals surface area contributed by atoms with Gasteiger partial charge in [0.2, 0.25) is 0 Å². The molecule has 1 unspecified atom stereocenters. The maximum atomic E-state index is 5.16. The van der Waals surface area contributed by atoms with Gasteiger partial charge >= 0.3 is 6.01 Å². The largest absolute Gasteiger partial charge is 0.467 e. The van der Waals surface area contributed by atoms with Crippen LogP contribution in [0.3, 0.4) is 0 Å². The summed E-state index contributed by atoms with van der Waals surface area (Å²) < 4.78 is 5.16. The number of hydrogen-bond donors (Lipinski definition) is 0. The van der Waals surface area contributed by atoms with E-state index in [1.165, 1.54) is 0 Å². The summed E-state index contributed by atoms with van der Waals surface area (Å²) in [5.41, 5.74) is 0.895. The molecule has 1 aliphatic rings. The van der Waals surface area contributed by atoms with Crippen molar-refractivity contribution < 1.29 is 4.74 Å². The average molecular weight is 271 g/mol. The van der Waals surface area contributed by atoms with Gasteiger partial charge in [-0.2, -0.15) is 4.98 Å². The zero-order valence-corrected chi connectivity index (χ0v) is 11.7. The van der Waals surface area contributed by atoms with Gasteiger partial charge in [-0.1, -0.05) is 0 Å². The fraction of sp³-hybridized carbons (Fsp3) is 0.429. The highest BCUT2D eigenvalue weighted by molar-refractivity contribution is 5.44. The number of aromatic nitrogens is 4. The molecule has 0 saturated carbocycles. The number of anilines is 1. The maximum absolute atomic E-state index is 5.16. The van der Waals surface area contributed by atoms with Crippen molar-refractivity contribution in [2.75, 3.05) is 18.6 Å². The molecule has 6 heteroatoms. The van der Waals surface area contributed by atoms with Crippen LogP contribution < -0.4 is 9.64 Å². The third kappa shape index (κ3) is 2.41. The third-order valence-electron chi connectivity index (χ3n) is 3.43. The van der Waals surface area contributed by atoms with Gasteiger partial charge < -0.3 is 9.64 Å². The number of ether oxygens (including phenoxy) is 1. The Kier molecular flexibility index (Phi) is 3.45. The first kappa shape index (κ1) is 12.8. The van der Waals surface area contributed by atoms with E-state index in [1.54, 1.807) is 19.5 Å². The second-order valence-electron chi connectivity index (χ2n) is 4.81. The number of nitrogens with zero attached hydrogens (tertiary/aromatic N) is 5. The van der Waals surface area contributed by atoms with E-state index in [0.29, 0.717) is 6.01 Å². The molecule has 0 aliphatic carbocycles. The fourth-order valence-electron chi connectivity index (χ4n) is 2.56. The van der Waals surface area contributed by atoms with E-state index in [9.17, 15) is 0 Å². The molecule has 2 aromatic heterocycles. The number of methoxy groups -OCH3 is 1. The third-order valence-corrected chi connectivity index (χ3v) is 3.43.